The summed E-state index contributed by atoms with van der Waals surface area (Å²) in [6.45, 7) is 8.73. The lowest BCUT2D eigenvalue weighted by atomic mass is 9.91. The predicted octanol–water partition coefficient (Wildman–Crippen LogP) is 5.02. The van der Waals surface area contributed by atoms with Gasteiger partial charge in [-0.1, -0.05) is 25.7 Å². The van der Waals surface area contributed by atoms with Crippen LogP contribution in [0, 0.1) is 0 Å². The molecule has 1 N–H and O–H groups in total. The molecule has 3 aliphatic rings. The molecule has 1 saturated carbocycles. The normalized spacial score (nSPS) is 28.9. The average molecular weight is 485 g/mol. The van der Waals surface area contributed by atoms with Gasteiger partial charge in [0.1, 0.15) is 11.2 Å². The molecule has 1 saturated heterocycles. The number of hydrogen-bond acceptors (Lipinski definition) is 4. The number of likely N-dealkylation sites (tertiary alicyclic amines) is 1. The Morgan fingerprint density at radius 3 is 2.56 bits per heavy atom. The van der Waals surface area contributed by atoms with Crippen LogP contribution in [0.5, 0.6) is 0 Å². The molecule has 0 bridgehead atoms. The Labute approximate surface area is 207 Å². The highest BCUT2D eigenvalue weighted by Crippen LogP contribution is 2.35. The molecule has 2 aromatic heterocycles. The number of thiophene rings is 1. The first-order valence-corrected chi connectivity index (χ1v) is 14.2. The van der Waals surface area contributed by atoms with E-state index in [0.717, 1.165) is 41.7 Å². The highest BCUT2D eigenvalue weighted by atomic mass is 32.1. The van der Waals surface area contributed by atoms with E-state index in [1.165, 1.54) is 38.5 Å². The Hall–Kier alpha value is -1.86. The summed E-state index contributed by atoms with van der Waals surface area (Å²) < 4.78 is 3.20. The SMILES string of the molecule is C[C@@H]1CCC[C@H](C)N1CCCN1C(=O)c2cc3sccc3n2C[C@@]1(C)C(=O)NC1CCCCC1. The summed E-state index contributed by atoms with van der Waals surface area (Å²) in [5.41, 5.74) is 0.916. The third-order valence-electron chi connectivity index (χ3n) is 8.65. The molecule has 186 valence electrons. The van der Waals surface area contributed by atoms with E-state index < -0.39 is 5.54 Å². The number of fused-ring (bicyclic) bond motifs is 3. The van der Waals surface area contributed by atoms with Crippen molar-refractivity contribution in [2.75, 3.05) is 13.1 Å². The van der Waals surface area contributed by atoms with Gasteiger partial charge in [0.25, 0.3) is 5.91 Å². The van der Waals surface area contributed by atoms with Crippen molar-refractivity contribution in [2.45, 2.75) is 109 Å². The number of carbonyl (C=O) groups excluding carboxylic acids is 2. The predicted molar refractivity (Wildman–Crippen MR) is 138 cm³/mol. The maximum Gasteiger partial charge on any atom is 0.271 e. The van der Waals surface area contributed by atoms with Gasteiger partial charge in [-0.15, -0.1) is 11.3 Å². The molecule has 3 atom stereocenters. The van der Waals surface area contributed by atoms with Crippen LogP contribution in [0.25, 0.3) is 10.2 Å². The molecule has 2 aliphatic heterocycles. The number of hydrogen-bond donors (Lipinski definition) is 1. The quantitative estimate of drug-likeness (QED) is 0.626. The minimum Gasteiger partial charge on any atom is -0.351 e. The van der Waals surface area contributed by atoms with Gasteiger partial charge in [-0.25, -0.2) is 0 Å². The first-order chi connectivity index (χ1) is 16.4. The largest absolute Gasteiger partial charge is 0.351 e. The van der Waals surface area contributed by atoms with Crippen LogP contribution < -0.4 is 5.32 Å². The minimum absolute atomic E-state index is 0.00400. The molecule has 6 nitrogen and oxygen atoms in total. The molecule has 4 heterocycles. The Bertz CT molecular complexity index is 1030. The maximum atomic E-state index is 13.8. The second-order valence-electron chi connectivity index (χ2n) is 11.0. The van der Waals surface area contributed by atoms with E-state index in [9.17, 15) is 9.59 Å². The van der Waals surface area contributed by atoms with Gasteiger partial charge < -0.3 is 14.8 Å². The summed E-state index contributed by atoms with van der Waals surface area (Å²) >= 11 is 1.66. The number of piperidine rings is 1. The molecule has 2 amide bonds. The van der Waals surface area contributed by atoms with Crippen molar-refractivity contribution in [3.05, 3.63) is 23.2 Å². The summed E-state index contributed by atoms with van der Waals surface area (Å²) in [5, 5.41) is 5.41. The topological polar surface area (TPSA) is 57.6 Å². The van der Waals surface area contributed by atoms with Crippen molar-refractivity contribution in [1.82, 2.24) is 19.7 Å². The second-order valence-corrected chi connectivity index (χ2v) is 12.0. The van der Waals surface area contributed by atoms with Gasteiger partial charge in [0.15, 0.2) is 0 Å². The van der Waals surface area contributed by atoms with E-state index in [1.54, 1.807) is 11.3 Å². The second kappa shape index (κ2) is 9.65. The van der Waals surface area contributed by atoms with Crippen molar-refractivity contribution in [1.29, 1.82) is 0 Å². The summed E-state index contributed by atoms with van der Waals surface area (Å²) in [6.07, 6.45) is 10.4. The number of aromatic nitrogens is 1. The van der Waals surface area contributed by atoms with Gasteiger partial charge in [-0.05, 0) is 70.4 Å². The lowest BCUT2D eigenvalue weighted by molar-refractivity contribution is -0.133. The fourth-order valence-corrected chi connectivity index (χ4v) is 7.36. The van der Waals surface area contributed by atoms with Crippen molar-refractivity contribution in [2.24, 2.45) is 0 Å². The first-order valence-electron chi connectivity index (χ1n) is 13.3. The summed E-state index contributed by atoms with van der Waals surface area (Å²) in [7, 11) is 0. The van der Waals surface area contributed by atoms with E-state index in [4.69, 9.17) is 0 Å². The molecule has 0 unspecified atom stereocenters. The van der Waals surface area contributed by atoms with Crippen molar-refractivity contribution >= 4 is 33.4 Å². The van der Waals surface area contributed by atoms with Crippen LogP contribution in [0.15, 0.2) is 17.5 Å². The lowest BCUT2D eigenvalue weighted by Crippen LogP contribution is -2.65. The fraction of sp³-hybridized carbons (Fsp3) is 0.704. The van der Waals surface area contributed by atoms with Crippen LogP contribution in [0.4, 0.5) is 0 Å². The highest BCUT2D eigenvalue weighted by Gasteiger charge is 2.48. The fourth-order valence-electron chi connectivity index (χ4n) is 6.54. The number of rotatable bonds is 6. The van der Waals surface area contributed by atoms with E-state index in [0.29, 0.717) is 25.2 Å². The Morgan fingerprint density at radius 1 is 1.09 bits per heavy atom. The lowest BCUT2D eigenvalue weighted by Gasteiger charge is -2.45. The van der Waals surface area contributed by atoms with Crippen LogP contribution in [-0.4, -0.2) is 62.9 Å². The highest BCUT2D eigenvalue weighted by molar-refractivity contribution is 7.17. The van der Waals surface area contributed by atoms with Gasteiger partial charge in [-0.3, -0.25) is 14.5 Å². The molecule has 5 rings (SSSR count). The van der Waals surface area contributed by atoms with E-state index in [2.05, 4.69) is 40.1 Å². The van der Waals surface area contributed by atoms with Gasteiger partial charge in [0, 0.05) is 31.2 Å². The van der Waals surface area contributed by atoms with E-state index >= 15 is 0 Å². The van der Waals surface area contributed by atoms with Crippen molar-refractivity contribution < 1.29 is 9.59 Å². The zero-order valence-corrected chi connectivity index (χ0v) is 21.8. The Morgan fingerprint density at radius 2 is 1.82 bits per heavy atom. The average Bonchev–Trinajstić information content (AvgIpc) is 3.41. The van der Waals surface area contributed by atoms with Crippen LogP contribution >= 0.6 is 11.3 Å². The standard InChI is InChI=1S/C27H40N4O2S/c1-19-9-7-10-20(2)29(19)14-8-15-31-25(32)23-17-24-22(13-16-34-24)30(23)18-27(31,3)26(33)28-21-11-5-4-6-12-21/h13,16-17,19-21H,4-12,14-15,18H2,1-3H3,(H,28,33)/t19-,20+,27-/m0/s1. The van der Waals surface area contributed by atoms with Crippen LogP contribution in [0.2, 0.25) is 0 Å². The number of nitrogens with zero attached hydrogens (tertiary/aromatic N) is 3. The zero-order chi connectivity index (χ0) is 23.9. The molecule has 0 radical (unpaired) electrons. The monoisotopic (exact) mass is 484 g/mol. The van der Waals surface area contributed by atoms with Crippen molar-refractivity contribution in [3.8, 4) is 0 Å². The van der Waals surface area contributed by atoms with Crippen LogP contribution in [0.3, 0.4) is 0 Å². The minimum atomic E-state index is -0.880. The smallest absolute Gasteiger partial charge is 0.271 e. The number of amides is 2. The molecular formula is C27H40N4O2S. The molecule has 0 spiro atoms. The third kappa shape index (κ3) is 4.30. The summed E-state index contributed by atoms with van der Waals surface area (Å²) in [5.74, 6) is 0.00544. The molecular weight excluding hydrogens is 444 g/mol. The molecule has 0 aromatic carbocycles. The molecule has 7 heteroatoms. The molecule has 2 aromatic rings. The van der Waals surface area contributed by atoms with Gasteiger partial charge in [0.05, 0.1) is 16.8 Å². The number of carbonyl (C=O) groups is 2. The molecule has 34 heavy (non-hydrogen) atoms. The first kappa shape index (κ1) is 23.9. The molecule has 1 aliphatic carbocycles. The molecule has 2 fully saturated rings. The Balaban J connectivity index is 1.38. The summed E-state index contributed by atoms with van der Waals surface area (Å²) in [6, 6.07) is 5.50. The maximum absolute atomic E-state index is 13.8. The number of nitrogens with one attached hydrogen (secondary N) is 1. The summed E-state index contributed by atoms with van der Waals surface area (Å²) in [4.78, 5) is 32.1. The van der Waals surface area contributed by atoms with E-state index in [1.807, 2.05) is 17.9 Å². The van der Waals surface area contributed by atoms with Gasteiger partial charge in [0.2, 0.25) is 5.91 Å². The van der Waals surface area contributed by atoms with Crippen molar-refractivity contribution in [3.63, 3.8) is 0 Å². The zero-order valence-electron chi connectivity index (χ0n) is 21.0. The van der Waals surface area contributed by atoms with Gasteiger partial charge >= 0.3 is 0 Å². The van der Waals surface area contributed by atoms with Gasteiger partial charge in [-0.2, -0.15) is 0 Å². The van der Waals surface area contributed by atoms with E-state index in [-0.39, 0.29) is 17.9 Å². The third-order valence-corrected chi connectivity index (χ3v) is 9.51. The van der Waals surface area contributed by atoms with Crippen LogP contribution in [0.1, 0.15) is 89.0 Å². The van der Waals surface area contributed by atoms with Crippen LogP contribution in [-0.2, 0) is 11.3 Å². The Kier molecular flexibility index (Phi) is 6.77.